The van der Waals surface area contributed by atoms with Crippen LogP contribution in [-0.4, -0.2) is 0 Å². The van der Waals surface area contributed by atoms with E-state index in [4.69, 9.17) is 11.6 Å². The average Bonchev–Trinajstić information content (AvgIpc) is 1.33. The molecule has 0 heterocycles. The van der Waals surface area contributed by atoms with Crippen molar-refractivity contribution in [3.8, 4) is 0 Å². The predicted molar refractivity (Wildman–Crippen MR) is 27.4 cm³/mol. The average molecular weight is 127 g/mol. The summed E-state index contributed by atoms with van der Waals surface area (Å²) in [5.74, 6) is 0. The molecule has 42 valence electrons. The lowest BCUT2D eigenvalue weighted by Gasteiger charge is -1.54. The van der Waals surface area contributed by atoms with Crippen molar-refractivity contribution in [2.45, 2.75) is 0 Å². The van der Waals surface area contributed by atoms with E-state index in [1.807, 2.05) is 0 Å². The largest absolute Gasteiger partial charge is 0.263 e. The molecule has 0 nitrogen and oxygen atoms in total. The Kier molecular flexibility index (Phi) is 12.8. The standard InChI is InChI=1S/C2H3Cl.C2H2F2/c1-2-3;1-2(3)4/h2H,1H2;1H2. The molecule has 0 fully saturated rings. The summed E-state index contributed by atoms with van der Waals surface area (Å²) in [5, 5.41) is 0. The molecule has 0 aromatic carbocycles. The second-order valence-corrected chi connectivity index (χ2v) is 0.802. The summed E-state index contributed by atoms with van der Waals surface area (Å²) in [7, 11) is 0. The second-order valence-electron chi connectivity index (χ2n) is 0.493. The van der Waals surface area contributed by atoms with E-state index in [9.17, 15) is 8.78 Å². The highest BCUT2D eigenvalue weighted by atomic mass is 35.5. The van der Waals surface area contributed by atoms with Gasteiger partial charge in [0.2, 0.25) is 0 Å². The molecule has 0 saturated heterocycles. The summed E-state index contributed by atoms with van der Waals surface area (Å²) in [6.07, 6.45) is -1.83. The zero-order valence-electron chi connectivity index (χ0n) is 3.63. The molecule has 0 aliphatic heterocycles. The molecule has 7 heavy (non-hydrogen) atoms. The SMILES string of the molecule is C=C(F)F.C=CCl. The quantitative estimate of drug-likeness (QED) is 0.468. The van der Waals surface area contributed by atoms with Gasteiger partial charge in [-0.3, -0.25) is 0 Å². The lowest BCUT2D eigenvalue weighted by atomic mass is 11.2. The third-order valence-corrected chi connectivity index (χ3v) is 0. The Balaban J connectivity index is 0. The Labute approximate surface area is 46.1 Å². The monoisotopic (exact) mass is 126 g/mol. The van der Waals surface area contributed by atoms with Gasteiger partial charge >= 0.3 is 0 Å². The highest BCUT2D eigenvalue weighted by Gasteiger charge is 1.65. The van der Waals surface area contributed by atoms with Crippen LogP contribution < -0.4 is 0 Å². The first-order valence-electron chi connectivity index (χ1n) is 1.36. The molecular formula is C4H5ClF2. The summed E-state index contributed by atoms with van der Waals surface area (Å²) in [6.45, 7) is 5.35. The van der Waals surface area contributed by atoms with Crippen molar-refractivity contribution in [2.24, 2.45) is 0 Å². The normalized spacial score (nSPS) is 5.57. The van der Waals surface area contributed by atoms with Crippen LogP contribution in [0.25, 0.3) is 0 Å². The zero-order chi connectivity index (χ0) is 6.28. The summed E-state index contributed by atoms with van der Waals surface area (Å²) >= 11 is 4.76. The first-order valence-corrected chi connectivity index (χ1v) is 1.79. The van der Waals surface area contributed by atoms with Gasteiger partial charge < -0.3 is 0 Å². The lowest BCUT2D eigenvalue weighted by Crippen LogP contribution is -1.33. The third kappa shape index (κ3) is 542. The van der Waals surface area contributed by atoms with Crippen LogP contribution in [0.4, 0.5) is 8.78 Å². The smallest absolute Gasteiger partial charge is 0.174 e. The van der Waals surface area contributed by atoms with Crippen LogP contribution in [0, 0.1) is 0 Å². The van der Waals surface area contributed by atoms with E-state index in [-0.39, 0.29) is 0 Å². The van der Waals surface area contributed by atoms with Gasteiger partial charge in [-0.05, 0) is 12.1 Å². The number of rotatable bonds is 0. The predicted octanol–water partition coefficient (Wildman–Crippen LogP) is 2.77. The molecular weight excluding hydrogens is 121 g/mol. The molecule has 0 aromatic heterocycles. The van der Waals surface area contributed by atoms with E-state index in [1.54, 1.807) is 0 Å². The van der Waals surface area contributed by atoms with Crippen molar-refractivity contribution in [2.75, 3.05) is 0 Å². The minimum absolute atomic E-state index is 1.22. The van der Waals surface area contributed by atoms with E-state index in [0.717, 1.165) is 0 Å². The van der Waals surface area contributed by atoms with E-state index < -0.39 is 6.08 Å². The summed E-state index contributed by atoms with van der Waals surface area (Å²) in [6, 6.07) is 0. The van der Waals surface area contributed by atoms with Gasteiger partial charge in [-0.1, -0.05) is 18.2 Å². The van der Waals surface area contributed by atoms with Gasteiger partial charge in [-0.15, -0.1) is 0 Å². The maximum atomic E-state index is 10.1. The number of hydrogen-bond donors (Lipinski definition) is 0. The maximum Gasteiger partial charge on any atom is 0.263 e. The molecule has 0 spiro atoms. The molecule has 0 bridgehead atoms. The second kappa shape index (κ2) is 9.16. The molecule has 3 heteroatoms. The third-order valence-electron chi connectivity index (χ3n) is 0. The first-order chi connectivity index (χ1) is 3.15. The molecule has 0 unspecified atom stereocenters. The van der Waals surface area contributed by atoms with Crippen molar-refractivity contribution in [1.29, 1.82) is 0 Å². The highest BCUT2D eigenvalue weighted by Crippen LogP contribution is 1.85. The van der Waals surface area contributed by atoms with Crippen LogP contribution in [0.15, 0.2) is 24.8 Å². The van der Waals surface area contributed by atoms with Gasteiger partial charge in [0.1, 0.15) is 0 Å². The van der Waals surface area contributed by atoms with Crippen molar-refractivity contribution < 1.29 is 8.78 Å². The molecule has 0 saturated carbocycles. The molecule has 0 aromatic rings. The van der Waals surface area contributed by atoms with Crippen molar-refractivity contribution >= 4 is 11.6 Å². The van der Waals surface area contributed by atoms with Gasteiger partial charge in [0.15, 0.2) is 0 Å². The van der Waals surface area contributed by atoms with Gasteiger partial charge in [-0.2, -0.15) is 8.78 Å². The molecule has 0 aliphatic rings. The van der Waals surface area contributed by atoms with E-state index in [2.05, 4.69) is 13.2 Å². The summed E-state index contributed by atoms with van der Waals surface area (Å²) < 4.78 is 20.3. The van der Waals surface area contributed by atoms with Crippen LogP contribution in [0.2, 0.25) is 0 Å². The highest BCUT2D eigenvalue weighted by molar-refractivity contribution is 6.25. The van der Waals surface area contributed by atoms with Crippen LogP contribution in [-0.2, 0) is 0 Å². The fraction of sp³-hybridized carbons (Fsp3) is 0. The van der Waals surface area contributed by atoms with Crippen LogP contribution in [0.1, 0.15) is 0 Å². The van der Waals surface area contributed by atoms with Crippen LogP contribution in [0.3, 0.4) is 0 Å². The van der Waals surface area contributed by atoms with E-state index in [1.165, 1.54) is 5.54 Å². The summed E-state index contributed by atoms with van der Waals surface area (Å²) in [4.78, 5) is 0. The van der Waals surface area contributed by atoms with Crippen molar-refractivity contribution in [3.05, 3.63) is 24.8 Å². The number of halogens is 3. The topological polar surface area (TPSA) is 0 Å². The van der Waals surface area contributed by atoms with Crippen molar-refractivity contribution in [1.82, 2.24) is 0 Å². The van der Waals surface area contributed by atoms with Crippen LogP contribution in [0.5, 0.6) is 0 Å². The molecule has 0 atom stereocenters. The molecule has 0 amide bonds. The van der Waals surface area contributed by atoms with E-state index in [0.29, 0.717) is 0 Å². The van der Waals surface area contributed by atoms with Crippen LogP contribution >= 0.6 is 11.6 Å². The summed E-state index contributed by atoms with van der Waals surface area (Å²) in [5.41, 5.74) is 1.22. The van der Waals surface area contributed by atoms with Gasteiger partial charge in [0, 0.05) is 0 Å². The molecule has 0 aliphatic carbocycles. The van der Waals surface area contributed by atoms with Gasteiger partial charge in [0.25, 0.3) is 6.08 Å². The Bertz CT molecular complexity index is 56.7. The first kappa shape index (κ1) is 9.80. The molecule has 0 rings (SSSR count). The Morgan fingerprint density at radius 1 is 1.57 bits per heavy atom. The fourth-order valence-electron chi connectivity index (χ4n) is 0. The lowest BCUT2D eigenvalue weighted by molar-refractivity contribution is 0.426. The maximum absolute atomic E-state index is 10.1. The Morgan fingerprint density at radius 3 is 1.57 bits per heavy atom. The molecule has 0 radical (unpaired) electrons. The van der Waals surface area contributed by atoms with E-state index >= 15 is 0 Å². The Morgan fingerprint density at radius 2 is 1.57 bits per heavy atom. The number of hydrogen-bond acceptors (Lipinski definition) is 0. The van der Waals surface area contributed by atoms with Crippen molar-refractivity contribution in [3.63, 3.8) is 0 Å². The van der Waals surface area contributed by atoms with Gasteiger partial charge in [-0.25, -0.2) is 0 Å². The minimum atomic E-state index is -1.83. The molecule has 0 N–H and O–H groups in total. The minimum Gasteiger partial charge on any atom is -0.174 e. The van der Waals surface area contributed by atoms with Gasteiger partial charge in [0.05, 0.1) is 0 Å². The fourth-order valence-corrected chi connectivity index (χ4v) is 0. The zero-order valence-corrected chi connectivity index (χ0v) is 4.38. The Hall–Kier alpha value is -0.370.